The topological polar surface area (TPSA) is 38.7 Å². The summed E-state index contributed by atoms with van der Waals surface area (Å²) in [7, 11) is 1.67. The number of aliphatic hydroxyl groups excluding tert-OH is 1. The zero-order valence-electron chi connectivity index (χ0n) is 9.56. The summed E-state index contributed by atoms with van der Waals surface area (Å²) in [6, 6.07) is 0. The highest BCUT2D eigenvalue weighted by molar-refractivity contribution is 4.85. The first-order valence-corrected chi connectivity index (χ1v) is 5.51. The van der Waals surface area contributed by atoms with Gasteiger partial charge in [-0.3, -0.25) is 0 Å². The van der Waals surface area contributed by atoms with Crippen molar-refractivity contribution in [3.05, 3.63) is 0 Å². The van der Waals surface area contributed by atoms with Crippen LogP contribution in [0.3, 0.4) is 0 Å². The molecule has 3 heteroatoms. The van der Waals surface area contributed by atoms with Gasteiger partial charge in [0.2, 0.25) is 0 Å². The Morgan fingerprint density at radius 3 is 2.36 bits per heavy atom. The Bertz CT molecular complexity index is 170. The monoisotopic (exact) mass is 202 g/mol. The Kier molecular flexibility index (Phi) is 4.35. The second-order valence-corrected chi connectivity index (χ2v) is 4.11. The molecule has 0 aliphatic carbocycles. The minimum Gasteiger partial charge on any atom is -0.390 e. The smallest absolute Gasteiger partial charge is 0.160 e. The van der Waals surface area contributed by atoms with E-state index in [2.05, 4.69) is 13.8 Å². The van der Waals surface area contributed by atoms with Gasteiger partial charge in [-0.2, -0.15) is 0 Å². The Labute approximate surface area is 86.4 Å². The minimum absolute atomic E-state index is 0.0715. The van der Waals surface area contributed by atoms with Crippen molar-refractivity contribution in [2.24, 2.45) is 11.8 Å². The van der Waals surface area contributed by atoms with Crippen molar-refractivity contribution >= 4 is 0 Å². The lowest BCUT2D eigenvalue weighted by Crippen LogP contribution is -2.50. The van der Waals surface area contributed by atoms with E-state index in [9.17, 15) is 5.11 Å². The molecule has 0 bridgehead atoms. The third-order valence-corrected chi connectivity index (χ3v) is 3.36. The van der Waals surface area contributed by atoms with Gasteiger partial charge in [0.05, 0.1) is 12.2 Å². The Balaban J connectivity index is 2.71. The van der Waals surface area contributed by atoms with Crippen molar-refractivity contribution < 1.29 is 14.6 Å². The van der Waals surface area contributed by atoms with Gasteiger partial charge in [0.15, 0.2) is 6.29 Å². The number of rotatable bonds is 3. The average Bonchev–Trinajstić information content (AvgIpc) is 2.21. The van der Waals surface area contributed by atoms with Crippen LogP contribution in [0.25, 0.3) is 0 Å². The van der Waals surface area contributed by atoms with Crippen LogP contribution in [-0.2, 0) is 9.47 Å². The predicted octanol–water partition coefficient (Wildman–Crippen LogP) is 1.79. The molecule has 1 N–H and O–H groups in total. The molecule has 84 valence electrons. The fourth-order valence-corrected chi connectivity index (χ4v) is 2.33. The van der Waals surface area contributed by atoms with Crippen LogP contribution in [0.1, 0.15) is 33.6 Å². The van der Waals surface area contributed by atoms with Crippen LogP contribution in [0, 0.1) is 11.8 Å². The lowest BCUT2D eigenvalue weighted by atomic mass is 9.81. The van der Waals surface area contributed by atoms with Gasteiger partial charge in [-0.05, 0) is 18.8 Å². The lowest BCUT2D eigenvalue weighted by Gasteiger charge is -2.42. The first-order chi connectivity index (χ1) is 6.65. The van der Waals surface area contributed by atoms with E-state index in [4.69, 9.17) is 9.47 Å². The second kappa shape index (κ2) is 5.10. The van der Waals surface area contributed by atoms with Crippen molar-refractivity contribution in [3.8, 4) is 0 Å². The molecule has 1 aliphatic rings. The molecule has 1 heterocycles. The maximum absolute atomic E-state index is 9.97. The molecule has 0 aromatic rings. The van der Waals surface area contributed by atoms with Crippen molar-refractivity contribution in [1.29, 1.82) is 0 Å². The predicted molar refractivity (Wildman–Crippen MR) is 54.9 cm³/mol. The van der Waals surface area contributed by atoms with E-state index in [0.717, 1.165) is 12.8 Å². The van der Waals surface area contributed by atoms with E-state index in [-0.39, 0.29) is 24.4 Å². The number of hydrogen-bond acceptors (Lipinski definition) is 3. The first kappa shape index (κ1) is 12.0. The average molecular weight is 202 g/mol. The maximum Gasteiger partial charge on any atom is 0.160 e. The van der Waals surface area contributed by atoms with Crippen molar-refractivity contribution in [2.75, 3.05) is 7.11 Å². The van der Waals surface area contributed by atoms with Gasteiger partial charge in [0, 0.05) is 13.0 Å². The third-order valence-electron chi connectivity index (χ3n) is 3.36. The van der Waals surface area contributed by atoms with Crippen LogP contribution in [-0.4, -0.2) is 30.7 Å². The highest BCUT2D eigenvalue weighted by Gasteiger charge is 2.41. The number of methoxy groups -OCH3 is 1. The van der Waals surface area contributed by atoms with Crippen LogP contribution >= 0.6 is 0 Å². The van der Waals surface area contributed by atoms with E-state index in [1.165, 1.54) is 0 Å². The van der Waals surface area contributed by atoms with Crippen LogP contribution in [0.4, 0.5) is 0 Å². The molecule has 14 heavy (non-hydrogen) atoms. The Morgan fingerprint density at radius 2 is 1.93 bits per heavy atom. The number of ether oxygens (including phenoxy) is 2. The number of hydrogen-bond donors (Lipinski definition) is 1. The third kappa shape index (κ3) is 2.10. The summed E-state index contributed by atoms with van der Waals surface area (Å²) >= 11 is 0. The van der Waals surface area contributed by atoms with Gasteiger partial charge >= 0.3 is 0 Å². The van der Waals surface area contributed by atoms with Crippen molar-refractivity contribution in [1.82, 2.24) is 0 Å². The highest BCUT2D eigenvalue weighted by atomic mass is 16.7. The van der Waals surface area contributed by atoms with E-state index in [1.54, 1.807) is 7.11 Å². The van der Waals surface area contributed by atoms with Gasteiger partial charge in [0.1, 0.15) is 0 Å². The molecule has 0 aromatic heterocycles. The Morgan fingerprint density at radius 1 is 1.29 bits per heavy atom. The van der Waals surface area contributed by atoms with E-state index < -0.39 is 0 Å². The maximum atomic E-state index is 9.97. The first-order valence-electron chi connectivity index (χ1n) is 5.51. The van der Waals surface area contributed by atoms with Crippen LogP contribution in [0.15, 0.2) is 0 Å². The van der Waals surface area contributed by atoms with Crippen LogP contribution in [0.5, 0.6) is 0 Å². The molecule has 1 rings (SSSR count). The quantitative estimate of drug-likeness (QED) is 0.758. The van der Waals surface area contributed by atoms with Gasteiger partial charge in [-0.1, -0.05) is 20.8 Å². The van der Waals surface area contributed by atoms with E-state index >= 15 is 0 Å². The largest absolute Gasteiger partial charge is 0.390 e. The molecule has 0 saturated carbocycles. The zero-order valence-corrected chi connectivity index (χ0v) is 9.56. The van der Waals surface area contributed by atoms with Gasteiger partial charge in [-0.15, -0.1) is 0 Å². The summed E-state index contributed by atoms with van der Waals surface area (Å²) in [6.07, 6.45) is 1.24. The fourth-order valence-electron chi connectivity index (χ4n) is 2.33. The van der Waals surface area contributed by atoms with Gasteiger partial charge in [0.25, 0.3) is 0 Å². The molecule has 0 aromatic carbocycles. The normalized spacial score (nSPS) is 43.9. The molecule has 0 unspecified atom stereocenters. The fraction of sp³-hybridized carbons (Fsp3) is 1.00. The molecule has 1 aliphatic heterocycles. The van der Waals surface area contributed by atoms with Crippen LogP contribution < -0.4 is 0 Å². The molecule has 1 fully saturated rings. The summed E-state index contributed by atoms with van der Waals surface area (Å²) in [5.74, 6) is 0.557. The SMILES string of the molecule is CC[C@H]1[C@@H](OC)O[C@H](CC)[C@@H](O)[C@@H]1C. The van der Waals surface area contributed by atoms with Gasteiger partial charge < -0.3 is 14.6 Å². The molecule has 0 amide bonds. The highest BCUT2D eigenvalue weighted by Crippen LogP contribution is 2.34. The minimum atomic E-state index is -0.351. The zero-order chi connectivity index (χ0) is 10.7. The molecule has 3 nitrogen and oxygen atoms in total. The van der Waals surface area contributed by atoms with E-state index in [1.807, 2.05) is 6.92 Å². The molecule has 1 saturated heterocycles. The second-order valence-electron chi connectivity index (χ2n) is 4.11. The molecule has 0 radical (unpaired) electrons. The molecule has 0 spiro atoms. The Hall–Kier alpha value is -0.120. The number of aliphatic hydroxyl groups is 1. The molecule has 5 atom stereocenters. The van der Waals surface area contributed by atoms with Crippen molar-refractivity contribution in [3.63, 3.8) is 0 Å². The summed E-state index contributed by atoms with van der Waals surface area (Å²) in [5.41, 5.74) is 0. The van der Waals surface area contributed by atoms with Crippen molar-refractivity contribution in [2.45, 2.75) is 52.1 Å². The summed E-state index contributed by atoms with van der Waals surface area (Å²) < 4.78 is 11.0. The molecular weight excluding hydrogens is 180 g/mol. The van der Waals surface area contributed by atoms with Gasteiger partial charge in [-0.25, -0.2) is 0 Å². The summed E-state index contributed by atoms with van der Waals surface area (Å²) in [4.78, 5) is 0. The summed E-state index contributed by atoms with van der Waals surface area (Å²) in [6.45, 7) is 6.21. The van der Waals surface area contributed by atoms with E-state index in [0.29, 0.717) is 5.92 Å². The standard InChI is InChI=1S/C11H22O3/c1-5-8-7(3)10(12)9(6-2)14-11(8)13-4/h7-12H,5-6H2,1-4H3/t7-,8-,9-,10+,11+/m1/s1. The summed E-state index contributed by atoms with van der Waals surface area (Å²) in [5, 5.41) is 9.97. The lowest BCUT2D eigenvalue weighted by molar-refractivity contribution is -0.258. The van der Waals surface area contributed by atoms with Crippen LogP contribution in [0.2, 0.25) is 0 Å². The molecular formula is C11H22O3.